The van der Waals surface area contributed by atoms with E-state index in [1.807, 2.05) is 0 Å². The molecule has 122 valence electrons. The first-order chi connectivity index (χ1) is 11.0. The lowest BCUT2D eigenvalue weighted by Gasteiger charge is -2.30. The van der Waals surface area contributed by atoms with Gasteiger partial charge in [-0.15, -0.1) is 0 Å². The van der Waals surface area contributed by atoms with Crippen molar-refractivity contribution in [1.82, 2.24) is 14.7 Å². The number of halogens is 3. The van der Waals surface area contributed by atoms with E-state index in [-0.39, 0.29) is 31.7 Å². The number of rotatable bonds is 3. The maximum atomic E-state index is 13.1. The average Bonchev–Trinajstić information content (AvgIpc) is 2.88. The van der Waals surface area contributed by atoms with Crippen molar-refractivity contribution in [1.29, 1.82) is 0 Å². The van der Waals surface area contributed by atoms with E-state index < -0.39 is 18.3 Å². The van der Waals surface area contributed by atoms with E-state index in [1.165, 1.54) is 28.9 Å². The first-order valence-corrected chi connectivity index (χ1v) is 7.02. The molecule has 0 spiro atoms. The molecule has 1 amide bonds. The fraction of sp³-hybridized carbons (Fsp3) is 0.333. The number of carbonyl (C=O) groups excluding carboxylic acids is 1. The molecule has 1 aromatic carbocycles. The molecule has 8 heteroatoms. The van der Waals surface area contributed by atoms with E-state index in [9.17, 15) is 23.1 Å². The van der Waals surface area contributed by atoms with Gasteiger partial charge < -0.3 is 14.8 Å². The van der Waals surface area contributed by atoms with Crippen LogP contribution in [0.1, 0.15) is 28.9 Å². The molecule has 0 saturated carbocycles. The van der Waals surface area contributed by atoms with E-state index in [2.05, 4.69) is 5.10 Å². The van der Waals surface area contributed by atoms with Crippen LogP contribution in [-0.4, -0.2) is 27.3 Å². The summed E-state index contributed by atoms with van der Waals surface area (Å²) in [6.45, 7) is 0.228. The highest BCUT2D eigenvalue weighted by atomic mass is 19.3. The minimum absolute atomic E-state index is 0.0431. The maximum absolute atomic E-state index is 13.1. The minimum Gasteiger partial charge on any atom is -0.530 e. The standard InChI is InChI=1S/C15H14F3N3O2/c16-10-3-1-9(2-4-10)7-21-12-8-20(15(22)23)6-5-11(12)13(19-21)14(17)18/h1-4,14H,5-8H2,(H,22,23)/p-1. The van der Waals surface area contributed by atoms with Crippen LogP contribution < -0.4 is 5.11 Å². The summed E-state index contributed by atoms with van der Waals surface area (Å²) < 4.78 is 40.6. The van der Waals surface area contributed by atoms with Gasteiger partial charge in [-0.2, -0.15) is 5.10 Å². The van der Waals surface area contributed by atoms with Crippen LogP contribution in [0.15, 0.2) is 24.3 Å². The molecule has 0 saturated heterocycles. The molecule has 0 N–H and O–H groups in total. The van der Waals surface area contributed by atoms with Crippen LogP contribution in [0.2, 0.25) is 0 Å². The highest BCUT2D eigenvalue weighted by Gasteiger charge is 2.28. The largest absolute Gasteiger partial charge is 0.530 e. The Bertz CT molecular complexity index is 728. The van der Waals surface area contributed by atoms with Crippen molar-refractivity contribution >= 4 is 6.09 Å². The number of benzene rings is 1. The van der Waals surface area contributed by atoms with Gasteiger partial charge in [0, 0.05) is 12.1 Å². The van der Waals surface area contributed by atoms with Crippen molar-refractivity contribution in [2.75, 3.05) is 6.54 Å². The Labute approximate surface area is 129 Å². The van der Waals surface area contributed by atoms with Crippen molar-refractivity contribution in [2.45, 2.75) is 25.9 Å². The third kappa shape index (κ3) is 3.01. The molecule has 1 aliphatic rings. The van der Waals surface area contributed by atoms with E-state index in [4.69, 9.17) is 0 Å². The first-order valence-electron chi connectivity index (χ1n) is 7.02. The Balaban J connectivity index is 1.96. The highest BCUT2D eigenvalue weighted by Crippen LogP contribution is 2.29. The monoisotopic (exact) mass is 324 g/mol. The maximum Gasteiger partial charge on any atom is 0.282 e. The van der Waals surface area contributed by atoms with Crippen LogP contribution in [0, 0.1) is 5.82 Å². The number of carboxylic acid groups (broad SMARTS) is 1. The van der Waals surface area contributed by atoms with Crippen LogP contribution >= 0.6 is 0 Å². The van der Waals surface area contributed by atoms with Crippen molar-refractivity contribution in [3.05, 3.63) is 52.6 Å². The predicted octanol–water partition coefficient (Wildman–Crippen LogP) is 1.71. The molecule has 0 fully saturated rings. The number of carbonyl (C=O) groups is 1. The fourth-order valence-corrected chi connectivity index (χ4v) is 2.74. The zero-order chi connectivity index (χ0) is 16.6. The molecule has 0 atom stereocenters. The molecule has 0 aliphatic carbocycles. The van der Waals surface area contributed by atoms with Gasteiger partial charge in [-0.25, -0.2) is 13.2 Å². The summed E-state index contributed by atoms with van der Waals surface area (Å²) in [5, 5.41) is 14.9. The number of hydrogen-bond acceptors (Lipinski definition) is 3. The van der Waals surface area contributed by atoms with E-state index in [0.29, 0.717) is 16.8 Å². The molecule has 3 rings (SSSR count). The van der Waals surface area contributed by atoms with Gasteiger partial charge in [-0.05, 0) is 24.1 Å². The van der Waals surface area contributed by atoms with Gasteiger partial charge >= 0.3 is 0 Å². The van der Waals surface area contributed by atoms with Crippen molar-refractivity contribution in [3.8, 4) is 0 Å². The summed E-state index contributed by atoms with van der Waals surface area (Å²) in [7, 11) is 0. The quantitative estimate of drug-likeness (QED) is 0.863. The second-order valence-electron chi connectivity index (χ2n) is 5.33. The molecular weight excluding hydrogens is 311 g/mol. The third-order valence-electron chi connectivity index (χ3n) is 3.88. The number of alkyl halides is 2. The van der Waals surface area contributed by atoms with Crippen LogP contribution in [0.4, 0.5) is 18.0 Å². The van der Waals surface area contributed by atoms with Gasteiger partial charge in [-0.1, -0.05) is 12.1 Å². The molecule has 0 bridgehead atoms. The zero-order valence-corrected chi connectivity index (χ0v) is 12.0. The third-order valence-corrected chi connectivity index (χ3v) is 3.88. The lowest BCUT2D eigenvalue weighted by Crippen LogP contribution is -2.44. The first kappa shape index (κ1) is 15.4. The Morgan fingerprint density at radius 1 is 1.30 bits per heavy atom. The van der Waals surface area contributed by atoms with Crippen molar-refractivity contribution < 1.29 is 23.1 Å². The molecule has 0 unspecified atom stereocenters. The lowest BCUT2D eigenvalue weighted by molar-refractivity contribution is -0.266. The Hall–Kier alpha value is -2.51. The van der Waals surface area contributed by atoms with Gasteiger partial charge in [0.25, 0.3) is 6.43 Å². The Kier molecular flexibility index (Phi) is 3.97. The number of hydrogen-bond donors (Lipinski definition) is 0. The van der Waals surface area contributed by atoms with Gasteiger partial charge in [-0.3, -0.25) is 4.68 Å². The summed E-state index contributed by atoms with van der Waals surface area (Å²) >= 11 is 0. The molecule has 1 aliphatic heterocycles. The number of aromatic nitrogens is 2. The summed E-state index contributed by atoms with van der Waals surface area (Å²) in [5.74, 6) is -0.396. The molecule has 23 heavy (non-hydrogen) atoms. The predicted molar refractivity (Wildman–Crippen MR) is 72.2 cm³/mol. The summed E-state index contributed by atoms with van der Waals surface area (Å²) in [6, 6.07) is 5.61. The second-order valence-corrected chi connectivity index (χ2v) is 5.33. The fourth-order valence-electron chi connectivity index (χ4n) is 2.74. The van der Waals surface area contributed by atoms with Gasteiger partial charge in [0.2, 0.25) is 0 Å². The SMILES string of the molecule is O=C([O-])N1CCc2c(C(F)F)nn(Cc3ccc(F)cc3)c2C1. The van der Waals surface area contributed by atoms with E-state index in [0.717, 1.165) is 4.90 Å². The van der Waals surface area contributed by atoms with Crippen LogP contribution in [-0.2, 0) is 19.5 Å². The zero-order valence-electron chi connectivity index (χ0n) is 12.0. The molecular formula is C15H13F3N3O2-. The second kappa shape index (κ2) is 5.94. The molecule has 1 aromatic heterocycles. The average molecular weight is 324 g/mol. The summed E-state index contributed by atoms with van der Waals surface area (Å²) in [4.78, 5) is 12.1. The normalized spacial score (nSPS) is 14.2. The topological polar surface area (TPSA) is 61.2 Å². The van der Waals surface area contributed by atoms with Crippen LogP contribution in [0.3, 0.4) is 0 Å². The van der Waals surface area contributed by atoms with Crippen LogP contribution in [0.25, 0.3) is 0 Å². The lowest BCUT2D eigenvalue weighted by atomic mass is 10.0. The number of amides is 1. The van der Waals surface area contributed by atoms with E-state index in [1.54, 1.807) is 0 Å². The molecule has 0 radical (unpaired) electrons. The van der Waals surface area contributed by atoms with Crippen LogP contribution in [0.5, 0.6) is 0 Å². The van der Waals surface area contributed by atoms with E-state index >= 15 is 0 Å². The van der Waals surface area contributed by atoms with Gasteiger partial charge in [0.1, 0.15) is 17.6 Å². The number of nitrogens with zero attached hydrogens (tertiary/aromatic N) is 3. The van der Waals surface area contributed by atoms with Crippen molar-refractivity contribution in [2.24, 2.45) is 0 Å². The number of fused-ring (bicyclic) bond motifs is 1. The molecule has 2 heterocycles. The smallest absolute Gasteiger partial charge is 0.282 e. The summed E-state index contributed by atoms with van der Waals surface area (Å²) in [5.41, 5.74) is 1.18. The van der Waals surface area contributed by atoms with Crippen molar-refractivity contribution in [3.63, 3.8) is 0 Å². The summed E-state index contributed by atoms with van der Waals surface area (Å²) in [6.07, 6.45) is -3.90. The van der Waals surface area contributed by atoms with Gasteiger partial charge in [0.15, 0.2) is 0 Å². The highest BCUT2D eigenvalue weighted by molar-refractivity contribution is 5.63. The Morgan fingerprint density at radius 2 is 2.00 bits per heavy atom. The molecule has 2 aromatic rings. The Morgan fingerprint density at radius 3 is 2.61 bits per heavy atom. The molecule has 5 nitrogen and oxygen atoms in total. The minimum atomic E-state index is -2.73. The van der Waals surface area contributed by atoms with Gasteiger partial charge in [0.05, 0.1) is 18.8 Å².